The van der Waals surface area contributed by atoms with E-state index in [1.165, 1.54) is 32.4 Å². The van der Waals surface area contributed by atoms with Crippen LogP contribution in [-0.4, -0.2) is 36.2 Å². The Morgan fingerprint density at radius 2 is 2.19 bits per heavy atom. The normalized spacial score (nSPS) is 17.8. The van der Waals surface area contributed by atoms with Crippen LogP contribution in [0.1, 0.15) is 30.7 Å². The molecule has 4 nitrogen and oxygen atoms in total. The largest absolute Gasteiger partial charge is 0.360 e. The molecule has 0 aromatic carbocycles. The van der Waals surface area contributed by atoms with E-state index in [4.69, 9.17) is 4.52 Å². The first-order valence-corrected chi connectivity index (χ1v) is 6.20. The van der Waals surface area contributed by atoms with Crippen molar-refractivity contribution >= 4 is 0 Å². The van der Waals surface area contributed by atoms with Crippen LogP contribution in [-0.2, 0) is 6.54 Å². The van der Waals surface area contributed by atoms with Gasteiger partial charge in [-0.15, -0.1) is 0 Å². The Kier molecular flexibility index (Phi) is 4.36. The number of aromatic nitrogens is 1. The van der Waals surface area contributed by atoms with Crippen molar-refractivity contribution in [3.63, 3.8) is 0 Å². The molecule has 1 N–H and O–H groups in total. The molecule has 0 aliphatic carbocycles. The summed E-state index contributed by atoms with van der Waals surface area (Å²) in [5, 5.41) is 7.25. The van der Waals surface area contributed by atoms with Crippen LogP contribution in [0.15, 0.2) is 10.6 Å². The van der Waals surface area contributed by atoms with Crippen molar-refractivity contribution in [1.82, 2.24) is 15.4 Å². The summed E-state index contributed by atoms with van der Waals surface area (Å²) < 4.78 is 5.13. The number of nitrogens with one attached hydrogen (secondary N) is 1. The van der Waals surface area contributed by atoms with Crippen molar-refractivity contribution < 1.29 is 4.52 Å². The van der Waals surface area contributed by atoms with Crippen LogP contribution in [0.25, 0.3) is 0 Å². The van der Waals surface area contributed by atoms with E-state index in [9.17, 15) is 0 Å². The summed E-state index contributed by atoms with van der Waals surface area (Å²) in [6.45, 7) is 7.44. The van der Waals surface area contributed by atoms with Gasteiger partial charge in [-0.2, -0.15) is 0 Å². The minimum atomic E-state index is 0.786. The Balaban J connectivity index is 1.57. The minimum absolute atomic E-state index is 0.786. The molecule has 1 aromatic heterocycles. The summed E-state index contributed by atoms with van der Waals surface area (Å²) in [6.07, 6.45) is 4.13. The lowest BCUT2D eigenvalue weighted by Gasteiger charge is -2.26. The smallest absolute Gasteiger partial charge is 0.150 e. The number of aryl methyl sites for hydroxylation is 1. The highest BCUT2D eigenvalue weighted by Gasteiger charge is 2.08. The zero-order valence-corrected chi connectivity index (χ0v) is 10.0. The Hall–Kier alpha value is -0.870. The van der Waals surface area contributed by atoms with Crippen LogP contribution in [0.3, 0.4) is 0 Å². The van der Waals surface area contributed by atoms with Crippen LogP contribution >= 0.6 is 0 Å². The van der Waals surface area contributed by atoms with E-state index in [2.05, 4.69) is 15.4 Å². The third kappa shape index (κ3) is 3.61. The predicted molar refractivity (Wildman–Crippen MR) is 63.2 cm³/mol. The molecule has 0 spiro atoms. The summed E-state index contributed by atoms with van der Waals surface area (Å²) >= 11 is 0. The van der Waals surface area contributed by atoms with Crippen molar-refractivity contribution in [2.45, 2.75) is 32.7 Å². The Labute approximate surface area is 97.0 Å². The van der Waals surface area contributed by atoms with Crippen molar-refractivity contribution in [2.24, 2.45) is 0 Å². The molecule has 0 amide bonds. The molecule has 1 fully saturated rings. The van der Waals surface area contributed by atoms with Crippen molar-refractivity contribution in [1.29, 1.82) is 0 Å². The van der Waals surface area contributed by atoms with E-state index in [1.807, 2.05) is 13.0 Å². The first kappa shape index (κ1) is 11.6. The molecule has 16 heavy (non-hydrogen) atoms. The number of piperidine rings is 1. The molecule has 90 valence electrons. The molecule has 1 saturated heterocycles. The van der Waals surface area contributed by atoms with Gasteiger partial charge < -0.3 is 14.7 Å². The van der Waals surface area contributed by atoms with Crippen molar-refractivity contribution in [3.8, 4) is 0 Å². The lowest BCUT2D eigenvalue weighted by Crippen LogP contribution is -2.35. The maximum atomic E-state index is 5.13. The maximum Gasteiger partial charge on any atom is 0.150 e. The van der Waals surface area contributed by atoms with Gasteiger partial charge in [-0.25, -0.2) is 0 Å². The average molecular weight is 223 g/mol. The molecule has 2 heterocycles. The summed E-state index contributed by atoms with van der Waals surface area (Å²) in [4.78, 5) is 2.53. The fourth-order valence-electron chi connectivity index (χ4n) is 2.13. The van der Waals surface area contributed by atoms with Crippen LogP contribution in [0.5, 0.6) is 0 Å². The predicted octanol–water partition coefficient (Wildman–Crippen LogP) is 1.56. The van der Waals surface area contributed by atoms with Crippen LogP contribution < -0.4 is 5.32 Å². The average Bonchev–Trinajstić information content (AvgIpc) is 2.72. The molecule has 0 unspecified atom stereocenters. The van der Waals surface area contributed by atoms with Crippen molar-refractivity contribution in [3.05, 3.63) is 17.5 Å². The Morgan fingerprint density at radius 3 is 2.88 bits per heavy atom. The second kappa shape index (κ2) is 6.01. The second-order valence-corrected chi connectivity index (χ2v) is 4.51. The topological polar surface area (TPSA) is 41.3 Å². The van der Waals surface area contributed by atoms with Crippen LogP contribution in [0, 0.1) is 6.92 Å². The van der Waals surface area contributed by atoms with Gasteiger partial charge in [0.2, 0.25) is 0 Å². The second-order valence-electron chi connectivity index (χ2n) is 4.51. The first-order chi connectivity index (χ1) is 7.84. The summed E-state index contributed by atoms with van der Waals surface area (Å²) in [5.41, 5.74) is 0.952. The molecule has 2 rings (SSSR count). The molecule has 4 heteroatoms. The van der Waals surface area contributed by atoms with Crippen LogP contribution in [0.4, 0.5) is 0 Å². The third-order valence-electron chi connectivity index (χ3n) is 3.03. The third-order valence-corrected chi connectivity index (χ3v) is 3.03. The molecule has 0 saturated carbocycles. The van der Waals surface area contributed by atoms with Gasteiger partial charge in [0.25, 0.3) is 0 Å². The molecule has 0 radical (unpaired) electrons. The zero-order valence-electron chi connectivity index (χ0n) is 10.0. The lowest BCUT2D eigenvalue weighted by molar-refractivity contribution is 0.228. The van der Waals surface area contributed by atoms with E-state index in [-0.39, 0.29) is 0 Å². The highest BCUT2D eigenvalue weighted by atomic mass is 16.5. The molecular weight excluding hydrogens is 202 g/mol. The van der Waals surface area contributed by atoms with E-state index in [1.54, 1.807) is 0 Å². The molecule has 0 bridgehead atoms. The van der Waals surface area contributed by atoms with Gasteiger partial charge in [0.1, 0.15) is 0 Å². The number of hydrogen-bond donors (Lipinski definition) is 1. The SMILES string of the molecule is Cc1cc(CNCCN2CCCCC2)on1. The Morgan fingerprint density at radius 1 is 1.38 bits per heavy atom. The number of likely N-dealkylation sites (tertiary alicyclic amines) is 1. The standard InChI is InChI=1S/C12H21N3O/c1-11-9-12(16-14-11)10-13-5-8-15-6-3-2-4-7-15/h9,13H,2-8,10H2,1H3. The highest BCUT2D eigenvalue weighted by Crippen LogP contribution is 2.07. The fraction of sp³-hybridized carbons (Fsp3) is 0.750. The molecule has 1 aromatic rings. The summed E-state index contributed by atoms with van der Waals surface area (Å²) in [7, 11) is 0. The zero-order chi connectivity index (χ0) is 11.2. The monoisotopic (exact) mass is 223 g/mol. The lowest BCUT2D eigenvalue weighted by atomic mass is 10.1. The quantitative estimate of drug-likeness (QED) is 0.769. The Bertz CT molecular complexity index is 305. The molecular formula is C12H21N3O. The molecule has 1 aliphatic rings. The van der Waals surface area contributed by atoms with Gasteiger partial charge in [-0.3, -0.25) is 0 Å². The van der Waals surface area contributed by atoms with E-state index >= 15 is 0 Å². The van der Waals surface area contributed by atoms with Crippen molar-refractivity contribution in [2.75, 3.05) is 26.2 Å². The maximum absolute atomic E-state index is 5.13. The van der Waals surface area contributed by atoms with Gasteiger partial charge in [0, 0.05) is 19.2 Å². The van der Waals surface area contributed by atoms with Crippen LogP contribution in [0.2, 0.25) is 0 Å². The summed E-state index contributed by atoms with van der Waals surface area (Å²) in [6, 6.07) is 1.98. The van der Waals surface area contributed by atoms with Gasteiger partial charge in [0.15, 0.2) is 5.76 Å². The number of nitrogens with zero attached hydrogens (tertiary/aromatic N) is 2. The molecule has 1 aliphatic heterocycles. The number of rotatable bonds is 5. The van der Waals surface area contributed by atoms with Gasteiger partial charge in [-0.05, 0) is 32.9 Å². The van der Waals surface area contributed by atoms with Gasteiger partial charge >= 0.3 is 0 Å². The summed E-state index contributed by atoms with van der Waals surface area (Å²) in [5.74, 6) is 0.927. The first-order valence-electron chi connectivity index (χ1n) is 6.20. The van der Waals surface area contributed by atoms with Gasteiger partial charge in [0.05, 0.1) is 12.2 Å². The van der Waals surface area contributed by atoms with Gasteiger partial charge in [-0.1, -0.05) is 11.6 Å². The van der Waals surface area contributed by atoms with E-state index < -0.39 is 0 Å². The van der Waals surface area contributed by atoms with E-state index in [0.717, 1.165) is 31.1 Å². The van der Waals surface area contributed by atoms with E-state index in [0.29, 0.717) is 0 Å². The molecule has 0 atom stereocenters. The highest BCUT2D eigenvalue weighted by molar-refractivity contribution is 5.02. The minimum Gasteiger partial charge on any atom is -0.360 e. The fourth-order valence-corrected chi connectivity index (χ4v) is 2.13. The number of hydrogen-bond acceptors (Lipinski definition) is 4.